The Labute approximate surface area is 198 Å². The molecule has 0 radical (unpaired) electrons. The lowest BCUT2D eigenvalue weighted by Gasteiger charge is -2.28. The SMILES string of the molecule is CC(C)Oc1cncc(NC2=Cc3nc(Nc4nnc(C5CCCC5)s4)ccc3N(C)C2)c1. The van der Waals surface area contributed by atoms with Crippen molar-refractivity contribution >= 4 is 39.7 Å². The van der Waals surface area contributed by atoms with Gasteiger partial charge < -0.3 is 20.3 Å². The second-order valence-corrected chi connectivity index (χ2v) is 9.89. The number of nitrogens with one attached hydrogen (secondary N) is 2. The molecule has 1 aliphatic carbocycles. The van der Waals surface area contributed by atoms with Crippen molar-refractivity contribution in [3.05, 3.63) is 47.0 Å². The molecule has 0 saturated heterocycles. The van der Waals surface area contributed by atoms with Crippen molar-refractivity contribution in [3.8, 4) is 5.75 Å². The minimum atomic E-state index is 0.103. The minimum Gasteiger partial charge on any atom is -0.489 e. The Balaban J connectivity index is 1.32. The van der Waals surface area contributed by atoms with E-state index in [-0.39, 0.29) is 6.10 Å². The van der Waals surface area contributed by atoms with Crippen molar-refractivity contribution in [3.63, 3.8) is 0 Å². The second kappa shape index (κ2) is 9.35. The van der Waals surface area contributed by atoms with Gasteiger partial charge in [0.1, 0.15) is 16.6 Å². The summed E-state index contributed by atoms with van der Waals surface area (Å²) in [6.45, 7) is 4.76. The first kappa shape index (κ1) is 21.6. The fraction of sp³-hybridized carbons (Fsp3) is 0.417. The summed E-state index contributed by atoms with van der Waals surface area (Å²) in [6, 6.07) is 6.05. The Kier molecular flexibility index (Phi) is 6.13. The summed E-state index contributed by atoms with van der Waals surface area (Å²) in [6.07, 6.45) is 10.7. The standard InChI is InChI=1S/C24H29N7OS/c1-15(2)32-19-10-17(12-25-13-19)26-18-11-20-21(31(3)14-18)8-9-22(27-20)28-24-30-29-23(33-24)16-6-4-5-7-16/h8-13,15-16,26H,4-7,14H2,1-3H3,(H,27,28,30). The van der Waals surface area contributed by atoms with Gasteiger partial charge in [0, 0.05) is 24.7 Å². The van der Waals surface area contributed by atoms with Crippen LogP contribution < -0.4 is 20.3 Å². The predicted octanol–water partition coefficient (Wildman–Crippen LogP) is 5.42. The lowest BCUT2D eigenvalue weighted by Crippen LogP contribution is -2.27. The Bertz CT molecular complexity index is 1150. The average Bonchev–Trinajstić information content (AvgIpc) is 3.45. The number of pyridine rings is 2. The van der Waals surface area contributed by atoms with Gasteiger partial charge in [-0.3, -0.25) is 4.98 Å². The Morgan fingerprint density at radius 1 is 1.12 bits per heavy atom. The summed E-state index contributed by atoms with van der Waals surface area (Å²) >= 11 is 1.64. The molecule has 1 aliphatic heterocycles. The van der Waals surface area contributed by atoms with Crippen LogP contribution in [0.15, 0.2) is 36.3 Å². The molecule has 1 saturated carbocycles. The van der Waals surface area contributed by atoms with Crippen molar-refractivity contribution in [1.29, 1.82) is 0 Å². The molecule has 2 aliphatic rings. The number of hydrogen-bond acceptors (Lipinski definition) is 9. The third-order valence-electron chi connectivity index (χ3n) is 5.80. The lowest BCUT2D eigenvalue weighted by molar-refractivity contribution is 0.241. The maximum absolute atomic E-state index is 5.76. The molecule has 8 nitrogen and oxygen atoms in total. The number of fused-ring (bicyclic) bond motifs is 1. The fourth-order valence-electron chi connectivity index (χ4n) is 4.33. The molecule has 0 spiro atoms. The van der Waals surface area contributed by atoms with Gasteiger partial charge in [-0.15, -0.1) is 10.2 Å². The molecule has 3 aromatic heterocycles. The van der Waals surface area contributed by atoms with Crippen molar-refractivity contribution in [2.24, 2.45) is 0 Å². The van der Waals surface area contributed by atoms with E-state index in [0.717, 1.165) is 51.0 Å². The van der Waals surface area contributed by atoms with Crippen molar-refractivity contribution in [1.82, 2.24) is 20.2 Å². The van der Waals surface area contributed by atoms with E-state index < -0.39 is 0 Å². The first-order chi connectivity index (χ1) is 16.0. The molecule has 0 atom stereocenters. The number of nitrogens with zero attached hydrogens (tertiary/aromatic N) is 5. The van der Waals surface area contributed by atoms with E-state index >= 15 is 0 Å². The summed E-state index contributed by atoms with van der Waals surface area (Å²) in [5.41, 5.74) is 3.92. The van der Waals surface area contributed by atoms with Crippen LogP contribution in [0.5, 0.6) is 5.75 Å². The first-order valence-electron chi connectivity index (χ1n) is 11.5. The van der Waals surface area contributed by atoms with Gasteiger partial charge in [-0.25, -0.2) is 4.98 Å². The molecule has 172 valence electrons. The van der Waals surface area contributed by atoms with Crippen LogP contribution in [0.1, 0.15) is 56.2 Å². The largest absolute Gasteiger partial charge is 0.489 e. The fourth-order valence-corrected chi connectivity index (χ4v) is 5.25. The average molecular weight is 464 g/mol. The first-order valence-corrected chi connectivity index (χ1v) is 12.3. The van der Waals surface area contributed by atoms with Gasteiger partial charge in [0.05, 0.1) is 42.1 Å². The summed E-state index contributed by atoms with van der Waals surface area (Å²) in [4.78, 5) is 11.3. The molecule has 1 fully saturated rings. The van der Waals surface area contributed by atoms with E-state index in [4.69, 9.17) is 9.72 Å². The molecule has 33 heavy (non-hydrogen) atoms. The molecule has 0 aromatic carbocycles. The van der Waals surface area contributed by atoms with Crippen LogP contribution in [0.4, 0.5) is 22.3 Å². The Morgan fingerprint density at radius 2 is 1.97 bits per heavy atom. The predicted molar refractivity (Wildman–Crippen MR) is 134 cm³/mol. The Hall–Kier alpha value is -3.20. The Morgan fingerprint density at radius 3 is 2.79 bits per heavy atom. The molecule has 4 heterocycles. The van der Waals surface area contributed by atoms with E-state index in [2.05, 4.69) is 49.9 Å². The summed E-state index contributed by atoms with van der Waals surface area (Å²) in [5, 5.41) is 17.5. The summed E-state index contributed by atoms with van der Waals surface area (Å²) in [7, 11) is 2.07. The van der Waals surface area contributed by atoms with E-state index in [0.29, 0.717) is 5.92 Å². The molecule has 2 N–H and O–H groups in total. The third kappa shape index (κ3) is 5.08. The van der Waals surface area contributed by atoms with Crippen LogP contribution in [0, 0.1) is 0 Å². The molecule has 0 bridgehead atoms. The van der Waals surface area contributed by atoms with Gasteiger partial charge >= 0.3 is 0 Å². The lowest BCUT2D eigenvalue weighted by atomic mass is 10.1. The molecule has 3 aromatic rings. The normalized spacial score (nSPS) is 16.0. The molecule has 9 heteroatoms. The zero-order valence-electron chi connectivity index (χ0n) is 19.2. The number of likely N-dealkylation sites (N-methyl/N-ethyl adjacent to an activating group) is 1. The van der Waals surface area contributed by atoms with E-state index in [1.165, 1.54) is 25.7 Å². The van der Waals surface area contributed by atoms with Crippen molar-refractivity contribution < 1.29 is 4.74 Å². The smallest absolute Gasteiger partial charge is 0.211 e. The van der Waals surface area contributed by atoms with Gasteiger partial charge in [-0.05, 0) is 44.9 Å². The minimum absolute atomic E-state index is 0.103. The van der Waals surface area contributed by atoms with Crippen LogP contribution in [-0.4, -0.2) is 39.9 Å². The van der Waals surface area contributed by atoms with Crippen LogP contribution in [0.25, 0.3) is 6.08 Å². The van der Waals surface area contributed by atoms with Crippen LogP contribution in [0.3, 0.4) is 0 Å². The molecule has 0 unspecified atom stereocenters. The quantitative estimate of drug-likeness (QED) is 0.480. The number of anilines is 4. The zero-order chi connectivity index (χ0) is 22.8. The van der Waals surface area contributed by atoms with E-state index in [1.807, 2.05) is 26.0 Å². The highest BCUT2D eigenvalue weighted by molar-refractivity contribution is 7.15. The van der Waals surface area contributed by atoms with Crippen molar-refractivity contribution in [2.75, 3.05) is 29.1 Å². The maximum atomic E-state index is 5.76. The van der Waals surface area contributed by atoms with Crippen LogP contribution in [-0.2, 0) is 0 Å². The molecule has 5 rings (SSSR count). The molecular formula is C24H29N7OS. The van der Waals surface area contributed by atoms with Crippen molar-refractivity contribution in [2.45, 2.75) is 51.6 Å². The van der Waals surface area contributed by atoms with Crippen LogP contribution in [0.2, 0.25) is 0 Å². The van der Waals surface area contributed by atoms with Gasteiger partial charge in [-0.1, -0.05) is 24.2 Å². The van der Waals surface area contributed by atoms with Gasteiger partial charge in [0.15, 0.2) is 0 Å². The topological polar surface area (TPSA) is 88.1 Å². The zero-order valence-corrected chi connectivity index (χ0v) is 20.0. The highest BCUT2D eigenvalue weighted by Crippen LogP contribution is 2.37. The number of ether oxygens (including phenoxy) is 1. The number of rotatable bonds is 7. The maximum Gasteiger partial charge on any atom is 0.211 e. The molecular weight excluding hydrogens is 434 g/mol. The molecule has 0 amide bonds. The summed E-state index contributed by atoms with van der Waals surface area (Å²) in [5.74, 6) is 2.08. The van der Waals surface area contributed by atoms with Gasteiger partial charge in [0.2, 0.25) is 5.13 Å². The third-order valence-corrected chi connectivity index (χ3v) is 6.80. The van der Waals surface area contributed by atoms with E-state index in [9.17, 15) is 0 Å². The highest BCUT2D eigenvalue weighted by Gasteiger charge is 2.22. The number of aromatic nitrogens is 4. The monoisotopic (exact) mass is 463 g/mol. The highest BCUT2D eigenvalue weighted by atomic mass is 32.1. The second-order valence-electron chi connectivity index (χ2n) is 8.88. The van der Waals surface area contributed by atoms with Gasteiger partial charge in [-0.2, -0.15) is 0 Å². The van der Waals surface area contributed by atoms with Gasteiger partial charge in [0.25, 0.3) is 0 Å². The van der Waals surface area contributed by atoms with E-state index in [1.54, 1.807) is 23.7 Å². The number of hydrogen-bond donors (Lipinski definition) is 2. The summed E-state index contributed by atoms with van der Waals surface area (Å²) < 4.78 is 5.76. The van der Waals surface area contributed by atoms with Crippen LogP contribution >= 0.6 is 11.3 Å².